The molecule has 0 aliphatic rings. The van der Waals surface area contributed by atoms with Gasteiger partial charge in [-0.2, -0.15) is 0 Å². The summed E-state index contributed by atoms with van der Waals surface area (Å²) in [6.07, 6.45) is 5.68. The van der Waals surface area contributed by atoms with E-state index in [1.807, 2.05) is 0 Å². The maximum Gasteiger partial charge on any atom is 0.135 e. The summed E-state index contributed by atoms with van der Waals surface area (Å²) >= 11 is 0. The van der Waals surface area contributed by atoms with Crippen molar-refractivity contribution >= 4 is 0 Å². The first-order valence-corrected chi connectivity index (χ1v) is 2.80. The fourth-order valence-electron chi connectivity index (χ4n) is 0.367. The third-order valence-electron chi connectivity index (χ3n) is 0.800. The number of hydrogen-bond donors (Lipinski definition) is 0. The number of unbranched alkanes of at least 4 members (excludes halogenated alkanes) is 2. The van der Waals surface area contributed by atoms with Crippen molar-refractivity contribution in [2.45, 2.75) is 26.2 Å². The summed E-state index contributed by atoms with van der Waals surface area (Å²) in [5.41, 5.74) is 0. The molecular formula is C7H11O. The Morgan fingerprint density at radius 3 is 2.88 bits per heavy atom. The second-order valence-corrected chi connectivity index (χ2v) is 1.53. The van der Waals surface area contributed by atoms with Gasteiger partial charge in [0.25, 0.3) is 0 Å². The Labute approximate surface area is 51.0 Å². The van der Waals surface area contributed by atoms with Gasteiger partial charge in [0, 0.05) is 6.42 Å². The standard InChI is InChI=1S/C7H11O/c1-3-4-5-6-7-8-2/h2-5H2,1H3. The summed E-state index contributed by atoms with van der Waals surface area (Å²) in [4.78, 5) is 0. The van der Waals surface area contributed by atoms with Crippen molar-refractivity contribution in [3.05, 3.63) is 7.11 Å². The monoisotopic (exact) mass is 111 g/mol. The van der Waals surface area contributed by atoms with Crippen LogP contribution in [0.4, 0.5) is 0 Å². The Morgan fingerprint density at radius 2 is 2.38 bits per heavy atom. The zero-order chi connectivity index (χ0) is 6.24. The molecule has 0 spiro atoms. The number of hydrogen-bond acceptors (Lipinski definition) is 1. The van der Waals surface area contributed by atoms with Crippen LogP contribution in [-0.4, -0.2) is 0 Å². The average Bonchev–Trinajstić information content (AvgIpc) is 1.81. The van der Waals surface area contributed by atoms with E-state index in [0.29, 0.717) is 0 Å². The van der Waals surface area contributed by atoms with Gasteiger partial charge in [-0.25, -0.2) is 0 Å². The van der Waals surface area contributed by atoms with Crippen molar-refractivity contribution < 1.29 is 4.74 Å². The van der Waals surface area contributed by atoms with Crippen LogP contribution in [0.25, 0.3) is 0 Å². The highest BCUT2D eigenvalue weighted by atomic mass is 16.5. The molecule has 0 fully saturated rings. The summed E-state index contributed by atoms with van der Waals surface area (Å²) in [6.45, 7) is 2.13. The summed E-state index contributed by atoms with van der Waals surface area (Å²) in [7, 11) is 3.11. The molecule has 0 aromatic heterocycles. The quantitative estimate of drug-likeness (QED) is 0.391. The molecule has 0 heterocycles. The first kappa shape index (κ1) is 7.36. The molecule has 0 saturated carbocycles. The Bertz CT molecular complexity index is 86.3. The predicted octanol–water partition coefficient (Wildman–Crippen LogP) is 1.95. The largest absolute Gasteiger partial charge is 0.443 e. The van der Waals surface area contributed by atoms with Crippen LogP contribution in [0, 0.1) is 19.1 Å². The fraction of sp³-hybridized carbons (Fsp3) is 0.571. The average molecular weight is 111 g/mol. The van der Waals surface area contributed by atoms with Crippen molar-refractivity contribution in [2.75, 3.05) is 0 Å². The lowest BCUT2D eigenvalue weighted by atomic mass is 10.3. The molecule has 8 heavy (non-hydrogen) atoms. The van der Waals surface area contributed by atoms with Crippen LogP contribution in [-0.2, 0) is 4.74 Å². The molecule has 0 unspecified atom stereocenters. The number of rotatable bonds is 2. The minimum absolute atomic E-state index is 0.923. The van der Waals surface area contributed by atoms with Crippen molar-refractivity contribution in [3.8, 4) is 12.0 Å². The van der Waals surface area contributed by atoms with Crippen molar-refractivity contribution in [1.82, 2.24) is 0 Å². The highest BCUT2D eigenvalue weighted by Crippen LogP contribution is 1.89. The molecule has 1 nitrogen and oxygen atoms in total. The topological polar surface area (TPSA) is 9.23 Å². The minimum atomic E-state index is 0.923. The summed E-state index contributed by atoms with van der Waals surface area (Å²) < 4.78 is 4.28. The molecular weight excluding hydrogens is 100 g/mol. The van der Waals surface area contributed by atoms with Crippen molar-refractivity contribution in [2.24, 2.45) is 0 Å². The minimum Gasteiger partial charge on any atom is -0.443 e. The Hall–Kier alpha value is -0.640. The second kappa shape index (κ2) is 6.36. The van der Waals surface area contributed by atoms with Gasteiger partial charge in [-0.1, -0.05) is 19.3 Å². The Balaban J connectivity index is 2.90. The van der Waals surface area contributed by atoms with Gasteiger partial charge in [0.15, 0.2) is 0 Å². The first-order valence-electron chi connectivity index (χ1n) is 2.80. The smallest absolute Gasteiger partial charge is 0.135 e. The first-order chi connectivity index (χ1) is 3.91. The molecule has 0 aliphatic carbocycles. The van der Waals surface area contributed by atoms with Crippen LogP contribution in [0.15, 0.2) is 0 Å². The van der Waals surface area contributed by atoms with E-state index in [2.05, 4.69) is 30.8 Å². The van der Waals surface area contributed by atoms with Crippen LogP contribution in [0.1, 0.15) is 26.2 Å². The lowest BCUT2D eigenvalue weighted by molar-refractivity contribution is 0.430. The molecule has 0 amide bonds. The third-order valence-corrected chi connectivity index (χ3v) is 0.800. The van der Waals surface area contributed by atoms with Crippen LogP contribution in [0.2, 0.25) is 0 Å². The van der Waals surface area contributed by atoms with Crippen LogP contribution < -0.4 is 0 Å². The normalized spacial score (nSPS) is 7.25. The maximum atomic E-state index is 4.28. The molecule has 0 aliphatic heterocycles. The summed E-state index contributed by atoms with van der Waals surface area (Å²) in [6, 6.07) is 0. The van der Waals surface area contributed by atoms with E-state index in [1.54, 1.807) is 0 Å². The van der Waals surface area contributed by atoms with E-state index in [9.17, 15) is 0 Å². The summed E-state index contributed by atoms with van der Waals surface area (Å²) in [5, 5.41) is 0. The molecule has 0 atom stereocenters. The highest BCUT2D eigenvalue weighted by molar-refractivity contribution is 4.90. The molecule has 45 valence electrons. The van der Waals surface area contributed by atoms with Crippen LogP contribution in [0.3, 0.4) is 0 Å². The SMILES string of the molecule is [CH2]OC#CCCCC. The molecule has 0 saturated heterocycles. The molecule has 0 aromatic carbocycles. The van der Waals surface area contributed by atoms with Gasteiger partial charge in [0.1, 0.15) is 13.2 Å². The second-order valence-electron chi connectivity index (χ2n) is 1.53. The van der Waals surface area contributed by atoms with Crippen molar-refractivity contribution in [3.63, 3.8) is 0 Å². The van der Waals surface area contributed by atoms with E-state index >= 15 is 0 Å². The van der Waals surface area contributed by atoms with Gasteiger partial charge < -0.3 is 4.74 Å². The van der Waals surface area contributed by atoms with Gasteiger partial charge in [-0.15, -0.1) is 0 Å². The number of ether oxygens (including phenoxy) is 1. The molecule has 1 radical (unpaired) electrons. The van der Waals surface area contributed by atoms with E-state index in [0.717, 1.165) is 12.8 Å². The fourth-order valence-corrected chi connectivity index (χ4v) is 0.367. The van der Waals surface area contributed by atoms with E-state index in [1.165, 1.54) is 6.42 Å². The van der Waals surface area contributed by atoms with Gasteiger partial charge in [0.2, 0.25) is 0 Å². The zero-order valence-corrected chi connectivity index (χ0v) is 5.24. The Morgan fingerprint density at radius 1 is 1.62 bits per heavy atom. The van der Waals surface area contributed by atoms with Crippen LogP contribution >= 0.6 is 0 Å². The predicted molar refractivity (Wildman–Crippen MR) is 33.7 cm³/mol. The lowest BCUT2D eigenvalue weighted by Crippen LogP contribution is -1.67. The molecule has 0 rings (SSSR count). The molecule has 0 aromatic rings. The van der Waals surface area contributed by atoms with Gasteiger partial charge in [0.05, 0.1) is 0 Å². The van der Waals surface area contributed by atoms with E-state index in [-0.39, 0.29) is 0 Å². The highest BCUT2D eigenvalue weighted by Gasteiger charge is 1.74. The summed E-state index contributed by atoms with van der Waals surface area (Å²) in [5.74, 6) is 2.80. The van der Waals surface area contributed by atoms with E-state index < -0.39 is 0 Å². The molecule has 0 N–H and O–H groups in total. The van der Waals surface area contributed by atoms with E-state index in [4.69, 9.17) is 0 Å². The molecule has 0 bridgehead atoms. The lowest BCUT2D eigenvalue weighted by Gasteiger charge is -1.82. The molecule has 1 heteroatoms. The van der Waals surface area contributed by atoms with Gasteiger partial charge in [-0.3, -0.25) is 0 Å². The van der Waals surface area contributed by atoms with Gasteiger partial charge >= 0.3 is 0 Å². The van der Waals surface area contributed by atoms with Crippen LogP contribution in [0.5, 0.6) is 0 Å². The zero-order valence-electron chi connectivity index (χ0n) is 5.24. The maximum absolute atomic E-state index is 4.28. The Kier molecular flexibility index (Phi) is 5.85. The van der Waals surface area contributed by atoms with Gasteiger partial charge in [-0.05, 0) is 6.42 Å². The third kappa shape index (κ3) is 5.36. The van der Waals surface area contributed by atoms with Crippen molar-refractivity contribution in [1.29, 1.82) is 0 Å².